The van der Waals surface area contributed by atoms with E-state index < -0.39 is 41.5 Å². The van der Waals surface area contributed by atoms with Gasteiger partial charge in [0.05, 0.1) is 23.0 Å². The SMILES string of the molecule is Cc1cn(-c2cc(F)c(C(N)=O)c(NC3CCCCC3OC(=O)CNC(=O)OC(C)(C)C)c2)c2c1C(=O)CC(C)(C)C2. The highest BCUT2D eigenvalue weighted by molar-refractivity contribution is 6.01. The van der Waals surface area contributed by atoms with Crippen molar-refractivity contribution in [1.82, 2.24) is 9.88 Å². The van der Waals surface area contributed by atoms with Crippen LogP contribution in [0.2, 0.25) is 0 Å². The minimum Gasteiger partial charge on any atom is -0.459 e. The highest BCUT2D eigenvalue weighted by Crippen LogP contribution is 2.39. The molecule has 0 saturated heterocycles. The Bertz CT molecular complexity index is 1410. The number of alkyl carbamates (subject to hydrolysis) is 1. The number of benzene rings is 1. The van der Waals surface area contributed by atoms with E-state index in [4.69, 9.17) is 15.2 Å². The maximum atomic E-state index is 15.5. The standard InChI is InChI=1S/C31H41FN4O6/c1-17-16-36(22-13-31(5,6)14-23(37)26(17)22)18-11-19(32)27(28(33)39)21(12-18)35-20-9-7-8-10-24(20)41-25(38)15-34-29(40)42-30(2,3)4/h11-12,16,20,24,35H,7-10,13-15H2,1-6H3,(H2,33,39)(H,34,40). The molecule has 0 spiro atoms. The number of carbonyl (C=O) groups excluding carboxylic acids is 4. The van der Waals surface area contributed by atoms with Crippen LogP contribution in [0, 0.1) is 18.2 Å². The molecule has 1 heterocycles. The van der Waals surface area contributed by atoms with Crippen LogP contribution >= 0.6 is 0 Å². The van der Waals surface area contributed by atoms with Crippen molar-refractivity contribution in [2.45, 2.75) is 97.8 Å². The molecule has 11 heteroatoms. The zero-order valence-electron chi connectivity index (χ0n) is 25.2. The Hall–Kier alpha value is -3.89. The van der Waals surface area contributed by atoms with Crippen LogP contribution < -0.4 is 16.4 Å². The highest BCUT2D eigenvalue weighted by atomic mass is 19.1. The van der Waals surface area contributed by atoms with E-state index in [1.54, 1.807) is 26.8 Å². The van der Waals surface area contributed by atoms with E-state index in [2.05, 4.69) is 10.6 Å². The van der Waals surface area contributed by atoms with E-state index >= 15 is 4.39 Å². The lowest BCUT2D eigenvalue weighted by Gasteiger charge is -2.33. The van der Waals surface area contributed by atoms with Crippen molar-refractivity contribution in [2.75, 3.05) is 11.9 Å². The minimum atomic E-state index is -0.936. The number of anilines is 1. The van der Waals surface area contributed by atoms with Gasteiger partial charge in [0, 0.05) is 23.9 Å². The third-order valence-corrected chi connectivity index (χ3v) is 7.56. The number of rotatable bonds is 7. The van der Waals surface area contributed by atoms with E-state index in [1.807, 2.05) is 31.5 Å². The van der Waals surface area contributed by atoms with Gasteiger partial charge in [-0.2, -0.15) is 0 Å². The second-order valence-electron chi connectivity index (χ2n) is 13.1. The predicted molar refractivity (Wildman–Crippen MR) is 155 cm³/mol. The molecular weight excluding hydrogens is 543 g/mol. The van der Waals surface area contributed by atoms with Crippen molar-refractivity contribution in [1.29, 1.82) is 0 Å². The molecule has 2 amide bonds. The molecule has 2 aliphatic rings. The van der Waals surface area contributed by atoms with E-state index in [1.165, 1.54) is 6.07 Å². The molecular formula is C31H41FN4O6. The minimum absolute atomic E-state index is 0.0538. The molecule has 1 saturated carbocycles. The first kappa shape index (κ1) is 31.1. The van der Waals surface area contributed by atoms with Crippen LogP contribution in [0.1, 0.15) is 98.7 Å². The number of aromatic nitrogens is 1. The Labute approximate surface area is 245 Å². The first-order valence-corrected chi connectivity index (χ1v) is 14.4. The number of nitrogens with zero attached hydrogens (tertiary/aromatic N) is 1. The van der Waals surface area contributed by atoms with Crippen LogP contribution in [0.25, 0.3) is 5.69 Å². The fourth-order valence-corrected chi connectivity index (χ4v) is 5.88. The van der Waals surface area contributed by atoms with Crippen molar-refractivity contribution in [3.05, 3.63) is 46.5 Å². The predicted octanol–water partition coefficient (Wildman–Crippen LogP) is 4.97. The molecule has 2 aromatic rings. The fraction of sp³-hybridized carbons (Fsp3) is 0.548. The van der Waals surface area contributed by atoms with Crippen LogP contribution in [0.5, 0.6) is 0 Å². The zero-order chi connectivity index (χ0) is 31.0. The fourth-order valence-electron chi connectivity index (χ4n) is 5.88. The Balaban J connectivity index is 1.60. The summed E-state index contributed by atoms with van der Waals surface area (Å²) in [4.78, 5) is 49.8. The summed E-state index contributed by atoms with van der Waals surface area (Å²) in [5.41, 5.74) is 7.22. The molecule has 1 fully saturated rings. The normalized spacial score (nSPS) is 19.9. The average Bonchev–Trinajstić information content (AvgIpc) is 3.17. The molecule has 2 atom stereocenters. The molecule has 10 nitrogen and oxygen atoms in total. The van der Waals surface area contributed by atoms with E-state index in [-0.39, 0.29) is 29.0 Å². The lowest BCUT2D eigenvalue weighted by atomic mass is 9.75. The van der Waals surface area contributed by atoms with Crippen molar-refractivity contribution in [3.8, 4) is 5.69 Å². The van der Waals surface area contributed by atoms with Crippen LogP contribution in [-0.4, -0.2) is 52.6 Å². The Morgan fingerprint density at radius 3 is 2.50 bits per heavy atom. The number of aryl methyl sites for hydroxylation is 1. The largest absolute Gasteiger partial charge is 0.459 e. The van der Waals surface area contributed by atoms with Crippen molar-refractivity contribution >= 4 is 29.4 Å². The molecule has 1 aromatic carbocycles. The third-order valence-electron chi connectivity index (χ3n) is 7.56. The van der Waals surface area contributed by atoms with E-state index in [0.717, 1.165) is 24.1 Å². The zero-order valence-corrected chi connectivity index (χ0v) is 25.2. The van der Waals surface area contributed by atoms with Crippen LogP contribution in [0.3, 0.4) is 0 Å². The molecule has 2 unspecified atom stereocenters. The molecule has 4 N–H and O–H groups in total. The number of carbonyl (C=O) groups is 4. The molecule has 4 rings (SSSR count). The number of amides is 2. The molecule has 42 heavy (non-hydrogen) atoms. The molecule has 0 bridgehead atoms. The number of ketones is 1. The lowest BCUT2D eigenvalue weighted by Crippen LogP contribution is -2.43. The van der Waals surface area contributed by atoms with Gasteiger partial charge in [0.1, 0.15) is 24.1 Å². The van der Waals surface area contributed by atoms with Gasteiger partial charge in [-0.05, 0) is 76.5 Å². The van der Waals surface area contributed by atoms with Gasteiger partial charge in [0.15, 0.2) is 5.78 Å². The lowest BCUT2D eigenvalue weighted by molar-refractivity contribution is -0.149. The summed E-state index contributed by atoms with van der Waals surface area (Å²) in [5, 5.41) is 5.63. The van der Waals surface area contributed by atoms with Gasteiger partial charge in [-0.3, -0.25) is 14.4 Å². The molecule has 0 radical (unpaired) electrons. The first-order valence-electron chi connectivity index (χ1n) is 14.4. The highest BCUT2D eigenvalue weighted by Gasteiger charge is 2.35. The van der Waals surface area contributed by atoms with Gasteiger partial charge < -0.3 is 30.4 Å². The number of esters is 1. The molecule has 0 aliphatic heterocycles. The van der Waals surface area contributed by atoms with Crippen LogP contribution in [0.4, 0.5) is 14.9 Å². The monoisotopic (exact) mass is 584 g/mol. The summed E-state index contributed by atoms with van der Waals surface area (Å²) in [6, 6.07) is 2.46. The van der Waals surface area contributed by atoms with Gasteiger partial charge >= 0.3 is 12.1 Å². The van der Waals surface area contributed by atoms with E-state index in [0.29, 0.717) is 36.9 Å². The van der Waals surface area contributed by atoms with Crippen molar-refractivity contribution in [3.63, 3.8) is 0 Å². The summed E-state index contributed by atoms with van der Waals surface area (Å²) in [6.45, 7) is 10.7. The number of ether oxygens (including phenoxy) is 2. The van der Waals surface area contributed by atoms with Gasteiger partial charge in [0.25, 0.3) is 5.91 Å². The number of fused-ring (bicyclic) bond motifs is 1. The average molecular weight is 585 g/mol. The maximum Gasteiger partial charge on any atom is 0.408 e. The van der Waals surface area contributed by atoms with Gasteiger partial charge in [-0.1, -0.05) is 20.3 Å². The Morgan fingerprint density at radius 2 is 1.83 bits per heavy atom. The number of halogens is 1. The molecule has 228 valence electrons. The quantitative estimate of drug-likeness (QED) is 0.390. The number of hydrogen-bond acceptors (Lipinski definition) is 7. The van der Waals surface area contributed by atoms with Gasteiger partial charge in [0.2, 0.25) is 0 Å². The summed E-state index contributed by atoms with van der Waals surface area (Å²) in [6.07, 6.45) is 4.35. The summed E-state index contributed by atoms with van der Waals surface area (Å²) >= 11 is 0. The second-order valence-corrected chi connectivity index (χ2v) is 13.1. The summed E-state index contributed by atoms with van der Waals surface area (Å²) in [7, 11) is 0. The molecule has 2 aliphatic carbocycles. The topological polar surface area (TPSA) is 142 Å². The Morgan fingerprint density at radius 1 is 1.14 bits per heavy atom. The number of Topliss-reactive ketones (excluding diaryl/α,β-unsaturated/α-hetero) is 1. The number of hydrogen-bond donors (Lipinski definition) is 3. The van der Waals surface area contributed by atoms with Crippen molar-refractivity contribution < 1.29 is 33.0 Å². The van der Waals surface area contributed by atoms with Gasteiger partial charge in [-0.15, -0.1) is 0 Å². The maximum absolute atomic E-state index is 15.5. The first-order chi connectivity index (χ1) is 19.5. The van der Waals surface area contributed by atoms with Crippen LogP contribution in [0.15, 0.2) is 18.3 Å². The van der Waals surface area contributed by atoms with Crippen molar-refractivity contribution in [2.24, 2.45) is 11.1 Å². The number of nitrogens with two attached hydrogens (primary N) is 1. The number of primary amides is 1. The third kappa shape index (κ3) is 7.11. The molecule has 1 aromatic heterocycles. The Kier molecular flexibility index (Phi) is 8.71. The number of nitrogens with one attached hydrogen (secondary N) is 2. The summed E-state index contributed by atoms with van der Waals surface area (Å²) in [5.74, 6) is -2.32. The second kappa shape index (κ2) is 11.8. The van der Waals surface area contributed by atoms with E-state index in [9.17, 15) is 19.2 Å². The van der Waals surface area contributed by atoms with Crippen LogP contribution in [-0.2, 0) is 20.7 Å². The summed E-state index contributed by atoms with van der Waals surface area (Å²) < 4.78 is 28.2. The van der Waals surface area contributed by atoms with Gasteiger partial charge in [-0.25, -0.2) is 9.18 Å². The smallest absolute Gasteiger partial charge is 0.408 e.